The highest BCUT2D eigenvalue weighted by Crippen LogP contribution is 2.30. The van der Waals surface area contributed by atoms with E-state index in [0.29, 0.717) is 11.1 Å². The molecule has 9 heteroatoms. The van der Waals surface area contributed by atoms with Crippen LogP contribution in [0.25, 0.3) is 0 Å². The van der Waals surface area contributed by atoms with Crippen molar-refractivity contribution in [3.05, 3.63) is 82.9 Å². The van der Waals surface area contributed by atoms with Crippen molar-refractivity contribution in [3.63, 3.8) is 0 Å². The fourth-order valence-corrected chi connectivity index (χ4v) is 3.18. The van der Waals surface area contributed by atoms with Crippen LogP contribution < -0.4 is 5.32 Å². The molecule has 2 N–H and O–H groups in total. The standard InChI is InChI=1S/C20H19ClF2N4O2/c1-13(26-19(28)8-14-2-4-15(21)5-3-14)20(29,10-27-12-24-11-25-27)17-7-6-16(22)9-18(17)23/h2-7,9,11-13,29H,8,10H2,1H3,(H,26,28)/t13-,20-/m1/s1. The minimum absolute atomic E-state index is 0.0484. The number of aliphatic hydroxyl groups is 1. The summed E-state index contributed by atoms with van der Waals surface area (Å²) in [4.78, 5) is 16.3. The van der Waals surface area contributed by atoms with Crippen molar-refractivity contribution in [1.29, 1.82) is 0 Å². The number of benzene rings is 2. The van der Waals surface area contributed by atoms with E-state index in [1.54, 1.807) is 31.2 Å². The number of halogens is 3. The second-order valence-electron chi connectivity index (χ2n) is 6.73. The van der Waals surface area contributed by atoms with Gasteiger partial charge in [-0.3, -0.25) is 4.79 Å². The van der Waals surface area contributed by atoms with Crippen LogP contribution in [0.3, 0.4) is 0 Å². The maximum atomic E-state index is 14.5. The van der Waals surface area contributed by atoms with Crippen LogP contribution in [-0.4, -0.2) is 31.8 Å². The number of amides is 1. The molecule has 0 aliphatic carbocycles. The Hall–Kier alpha value is -2.84. The molecule has 0 spiro atoms. The van der Waals surface area contributed by atoms with Crippen molar-refractivity contribution in [3.8, 4) is 0 Å². The zero-order valence-electron chi connectivity index (χ0n) is 15.5. The molecular formula is C20H19ClF2N4O2. The Balaban J connectivity index is 1.84. The van der Waals surface area contributed by atoms with E-state index in [9.17, 15) is 18.7 Å². The lowest BCUT2D eigenvalue weighted by Gasteiger charge is -2.35. The zero-order chi connectivity index (χ0) is 21.0. The first kappa shape index (κ1) is 20.9. The quantitative estimate of drug-likeness (QED) is 0.616. The third-order valence-electron chi connectivity index (χ3n) is 4.64. The van der Waals surface area contributed by atoms with E-state index in [1.807, 2.05) is 0 Å². The Labute approximate surface area is 171 Å². The largest absolute Gasteiger partial charge is 0.381 e. The highest BCUT2D eigenvalue weighted by Gasteiger charge is 2.40. The molecule has 0 aliphatic rings. The van der Waals surface area contributed by atoms with Crippen molar-refractivity contribution < 1.29 is 18.7 Å². The van der Waals surface area contributed by atoms with E-state index in [1.165, 1.54) is 17.3 Å². The summed E-state index contributed by atoms with van der Waals surface area (Å²) in [6, 6.07) is 8.74. The Kier molecular flexibility index (Phi) is 6.24. The fraction of sp³-hybridized carbons (Fsp3) is 0.250. The molecule has 29 heavy (non-hydrogen) atoms. The highest BCUT2D eigenvalue weighted by molar-refractivity contribution is 6.30. The third-order valence-corrected chi connectivity index (χ3v) is 4.89. The summed E-state index contributed by atoms with van der Waals surface area (Å²) < 4.78 is 29.2. The normalized spacial score (nSPS) is 14.2. The number of carbonyl (C=O) groups excluding carboxylic acids is 1. The van der Waals surface area contributed by atoms with Gasteiger partial charge in [0.2, 0.25) is 5.91 Å². The summed E-state index contributed by atoms with van der Waals surface area (Å²) in [6.07, 6.45) is 2.67. The van der Waals surface area contributed by atoms with Gasteiger partial charge in [0.25, 0.3) is 0 Å². The lowest BCUT2D eigenvalue weighted by Crippen LogP contribution is -2.52. The lowest BCUT2D eigenvalue weighted by molar-refractivity contribution is -0.124. The summed E-state index contributed by atoms with van der Waals surface area (Å²) in [5.74, 6) is -2.07. The molecule has 3 aromatic rings. The molecule has 1 heterocycles. The van der Waals surface area contributed by atoms with Gasteiger partial charge in [-0.1, -0.05) is 29.8 Å². The minimum Gasteiger partial charge on any atom is -0.381 e. The maximum Gasteiger partial charge on any atom is 0.224 e. The second-order valence-corrected chi connectivity index (χ2v) is 7.17. The summed E-state index contributed by atoms with van der Waals surface area (Å²) in [5.41, 5.74) is -1.33. The van der Waals surface area contributed by atoms with Crippen LogP contribution in [0.15, 0.2) is 55.1 Å². The molecule has 152 valence electrons. The van der Waals surface area contributed by atoms with E-state index < -0.39 is 23.3 Å². The lowest BCUT2D eigenvalue weighted by atomic mass is 9.86. The van der Waals surface area contributed by atoms with Crippen LogP contribution in [0.4, 0.5) is 8.78 Å². The van der Waals surface area contributed by atoms with Crippen molar-refractivity contribution in [2.75, 3.05) is 0 Å². The highest BCUT2D eigenvalue weighted by atomic mass is 35.5. The predicted octanol–water partition coefficient (Wildman–Crippen LogP) is 2.84. The Bertz CT molecular complexity index is 983. The van der Waals surface area contributed by atoms with Crippen molar-refractivity contribution in [2.24, 2.45) is 0 Å². The number of nitrogens with one attached hydrogen (secondary N) is 1. The first-order valence-electron chi connectivity index (χ1n) is 8.82. The van der Waals surface area contributed by atoms with E-state index >= 15 is 0 Å². The Morgan fingerprint density at radius 3 is 2.62 bits per heavy atom. The van der Waals surface area contributed by atoms with Crippen LogP contribution in [0.5, 0.6) is 0 Å². The van der Waals surface area contributed by atoms with Gasteiger partial charge in [0, 0.05) is 16.7 Å². The van der Waals surface area contributed by atoms with Gasteiger partial charge >= 0.3 is 0 Å². The summed E-state index contributed by atoms with van der Waals surface area (Å²) in [7, 11) is 0. The average molecular weight is 421 g/mol. The molecule has 2 atom stereocenters. The third kappa shape index (κ3) is 4.96. The Morgan fingerprint density at radius 2 is 2.00 bits per heavy atom. The van der Waals surface area contributed by atoms with Crippen LogP contribution in [-0.2, 0) is 23.4 Å². The van der Waals surface area contributed by atoms with E-state index in [-0.39, 0.29) is 24.4 Å². The smallest absolute Gasteiger partial charge is 0.224 e. The molecule has 1 amide bonds. The minimum atomic E-state index is -1.90. The second kappa shape index (κ2) is 8.67. The topological polar surface area (TPSA) is 80.0 Å². The molecule has 0 radical (unpaired) electrons. The molecule has 3 rings (SSSR count). The first-order chi connectivity index (χ1) is 13.8. The number of hydrogen-bond donors (Lipinski definition) is 2. The Morgan fingerprint density at radius 1 is 1.28 bits per heavy atom. The van der Waals surface area contributed by atoms with E-state index in [4.69, 9.17) is 11.6 Å². The van der Waals surface area contributed by atoms with Crippen molar-refractivity contribution >= 4 is 17.5 Å². The van der Waals surface area contributed by atoms with Crippen molar-refractivity contribution in [2.45, 2.75) is 31.5 Å². The molecule has 0 saturated carbocycles. The van der Waals surface area contributed by atoms with Gasteiger partial charge < -0.3 is 10.4 Å². The summed E-state index contributed by atoms with van der Waals surface area (Å²) in [5, 5.41) is 18.5. The monoisotopic (exact) mass is 420 g/mol. The average Bonchev–Trinajstić information content (AvgIpc) is 3.16. The van der Waals surface area contributed by atoms with Gasteiger partial charge in [-0.25, -0.2) is 18.4 Å². The van der Waals surface area contributed by atoms with Crippen LogP contribution in [0, 0.1) is 11.6 Å². The van der Waals surface area contributed by atoms with Gasteiger partial charge in [0.05, 0.1) is 19.0 Å². The van der Waals surface area contributed by atoms with Gasteiger partial charge in [0.15, 0.2) is 0 Å². The van der Waals surface area contributed by atoms with Crippen LogP contribution in [0.1, 0.15) is 18.1 Å². The van der Waals surface area contributed by atoms with Crippen LogP contribution >= 0.6 is 11.6 Å². The molecule has 0 unspecified atom stereocenters. The van der Waals surface area contributed by atoms with Gasteiger partial charge in [-0.05, 0) is 30.7 Å². The molecule has 0 fully saturated rings. The molecule has 2 aromatic carbocycles. The predicted molar refractivity (Wildman–Crippen MR) is 103 cm³/mol. The number of carbonyl (C=O) groups is 1. The van der Waals surface area contributed by atoms with Gasteiger partial charge in [0.1, 0.15) is 29.9 Å². The molecule has 0 bridgehead atoms. The van der Waals surface area contributed by atoms with Crippen molar-refractivity contribution in [1.82, 2.24) is 20.1 Å². The van der Waals surface area contributed by atoms with Gasteiger partial charge in [-0.15, -0.1) is 0 Å². The SMILES string of the molecule is C[C@@H](NC(=O)Cc1ccc(Cl)cc1)[C@](O)(Cn1cncn1)c1ccc(F)cc1F. The molecule has 0 saturated heterocycles. The number of nitrogens with zero attached hydrogens (tertiary/aromatic N) is 3. The molecular weight excluding hydrogens is 402 g/mol. The summed E-state index contributed by atoms with van der Waals surface area (Å²) >= 11 is 5.84. The molecule has 0 aliphatic heterocycles. The summed E-state index contributed by atoms with van der Waals surface area (Å²) in [6.45, 7) is 1.34. The van der Waals surface area contributed by atoms with Gasteiger partial charge in [-0.2, -0.15) is 5.10 Å². The number of hydrogen-bond acceptors (Lipinski definition) is 4. The molecule has 6 nitrogen and oxygen atoms in total. The number of rotatable bonds is 7. The van der Waals surface area contributed by atoms with E-state index in [0.717, 1.165) is 17.7 Å². The first-order valence-corrected chi connectivity index (χ1v) is 9.20. The zero-order valence-corrected chi connectivity index (χ0v) is 16.3. The molecule has 1 aromatic heterocycles. The maximum absolute atomic E-state index is 14.5. The van der Waals surface area contributed by atoms with E-state index in [2.05, 4.69) is 15.4 Å². The fourth-order valence-electron chi connectivity index (χ4n) is 3.06. The number of aromatic nitrogens is 3. The van der Waals surface area contributed by atoms with Crippen LogP contribution in [0.2, 0.25) is 5.02 Å².